The van der Waals surface area contributed by atoms with E-state index in [1.165, 1.54) is 38.5 Å². The van der Waals surface area contributed by atoms with Crippen LogP contribution in [0.2, 0.25) is 19.6 Å². The van der Waals surface area contributed by atoms with Crippen LogP contribution in [-0.2, 0) is 26.5 Å². The molecule has 0 N–H and O–H groups in total. The van der Waals surface area contributed by atoms with Crippen LogP contribution < -0.4 is 5.19 Å². The van der Waals surface area contributed by atoms with Gasteiger partial charge in [0.1, 0.15) is 5.58 Å². The molecule has 0 atom stereocenters. The molecule has 3 nitrogen and oxygen atoms in total. The van der Waals surface area contributed by atoms with Gasteiger partial charge in [0.25, 0.3) is 0 Å². The van der Waals surface area contributed by atoms with Crippen molar-refractivity contribution in [2.45, 2.75) is 58.2 Å². The molecular formula is C48H44IrN2OSi-2. The Morgan fingerprint density at radius 3 is 2.17 bits per heavy atom. The average Bonchev–Trinajstić information content (AvgIpc) is 3.58. The third-order valence-electron chi connectivity index (χ3n) is 10.4. The van der Waals surface area contributed by atoms with Crippen LogP contribution in [0.15, 0.2) is 138 Å². The summed E-state index contributed by atoms with van der Waals surface area (Å²) in [6.45, 7) is 7.30. The van der Waals surface area contributed by atoms with Crippen molar-refractivity contribution in [3.63, 3.8) is 0 Å². The Kier molecular flexibility index (Phi) is 11.2. The van der Waals surface area contributed by atoms with Crippen molar-refractivity contribution in [1.29, 1.82) is 0 Å². The molecule has 1 saturated carbocycles. The average molecular weight is 885 g/mol. The molecule has 1 aliphatic carbocycles. The van der Waals surface area contributed by atoms with Gasteiger partial charge in [-0.2, -0.15) is 0 Å². The van der Waals surface area contributed by atoms with Crippen LogP contribution in [0.25, 0.3) is 66.4 Å². The summed E-state index contributed by atoms with van der Waals surface area (Å²) in [5.41, 5.74) is 9.47. The Morgan fingerprint density at radius 2 is 1.40 bits per heavy atom. The number of furan rings is 1. The Hall–Kier alpha value is -4.67. The zero-order chi connectivity index (χ0) is 35.5. The number of hydrogen-bond acceptors (Lipinski definition) is 3. The maximum absolute atomic E-state index is 6.46. The van der Waals surface area contributed by atoms with E-state index >= 15 is 0 Å². The third kappa shape index (κ3) is 7.99. The number of nitrogens with zero attached hydrogens (tertiary/aromatic N) is 2. The van der Waals surface area contributed by atoms with E-state index in [-0.39, 0.29) is 20.1 Å². The predicted molar refractivity (Wildman–Crippen MR) is 220 cm³/mol. The molecule has 1 radical (unpaired) electrons. The van der Waals surface area contributed by atoms with E-state index in [1.54, 1.807) is 10.8 Å². The molecule has 0 amide bonds. The standard InChI is InChI=1S/C27H16NO.C21H28NSi.Ir/c1-2-8-18(9-3-1)21-12-6-13-22-23-14-7-15-24(27(23)29-26(21)22)25-16-19-10-4-5-11-20(19)17-28-25;1-23(2,3)21-16-22-20(18-12-8-5-9-13-18)15-19(21)14-17-10-6-4-7-11-17;/h1-14,16-17H;5,8-9,12,15-17H,4,6-7,10-11,14H2,1-3H3;/q2*-1;. The molecular weight excluding hydrogens is 841 g/mol. The molecule has 3 aromatic heterocycles. The summed E-state index contributed by atoms with van der Waals surface area (Å²) >= 11 is 0. The van der Waals surface area contributed by atoms with Gasteiger partial charge in [-0.05, 0) is 45.2 Å². The topological polar surface area (TPSA) is 38.9 Å². The summed E-state index contributed by atoms with van der Waals surface area (Å²) in [4.78, 5) is 9.46. The van der Waals surface area contributed by atoms with Crippen molar-refractivity contribution in [3.8, 4) is 33.6 Å². The van der Waals surface area contributed by atoms with Crippen LogP contribution in [0.5, 0.6) is 0 Å². The Balaban J connectivity index is 0.000000166. The quantitative estimate of drug-likeness (QED) is 0.123. The third-order valence-corrected chi connectivity index (χ3v) is 12.5. The minimum Gasteiger partial charge on any atom is -0.500 e. The number of rotatable bonds is 6. The van der Waals surface area contributed by atoms with Gasteiger partial charge >= 0.3 is 0 Å². The summed E-state index contributed by atoms with van der Waals surface area (Å²) in [7, 11) is -1.36. The van der Waals surface area contributed by atoms with E-state index in [0.29, 0.717) is 0 Å². The first-order valence-corrected chi connectivity index (χ1v) is 22.2. The molecule has 267 valence electrons. The molecule has 1 fully saturated rings. The number of para-hydroxylation sites is 1. The van der Waals surface area contributed by atoms with Crippen LogP contribution in [-0.4, -0.2) is 18.0 Å². The second-order valence-corrected chi connectivity index (χ2v) is 20.2. The van der Waals surface area contributed by atoms with Gasteiger partial charge in [-0.25, -0.2) is 0 Å². The fourth-order valence-corrected chi connectivity index (χ4v) is 9.35. The molecule has 5 aromatic carbocycles. The molecule has 5 heteroatoms. The monoisotopic (exact) mass is 885 g/mol. The summed E-state index contributed by atoms with van der Waals surface area (Å²) in [5, 5.41) is 6.02. The first-order valence-electron chi connectivity index (χ1n) is 18.7. The van der Waals surface area contributed by atoms with Crippen molar-refractivity contribution in [2.24, 2.45) is 5.92 Å². The van der Waals surface area contributed by atoms with Crippen LogP contribution in [0, 0.1) is 18.1 Å². The zero-order valence-corrected chi connectivity index (χ0v) is 34.1. The molecule has 9 rings (SSSR count). The van der Waals surface area contributed by atoms with Gasteiger partial charge in [0.2, 0.25) is 0 Å². The van der Waals surface area contributed by atoms with Gasteiger partial charge < -0.3 is 14.4 Å². The predicted octanol–water partition coefficient (Wildman–Crippen LogP) is 12.5. The minimum atomic E-state index is -1.36. The smallest absolute Gasteiger partial charge is 0.128 e. The van der Waals surface area contributed by atoms with E-state index < -0.39 is 8.07 Å². The maximum atomic E-state index is 6.46. The van der Waals surface area contributed by atoms with Crippen molar-refractivity contribution in [1.82, 2.24) is 9.97 Å². The summed E-state index contributed by atoms with van der Waals surface area (Å²) < 4.78 is 6.46. The van der Waals surface area contributed by atoms with E-state index in [9.17, 15) is 0 Å². The van der Waals surface area contributed by atoms with Crippen molar-refractivity contribution < 1.29 is 24.5 Å². The normalized spacial score (nSPS) is 13.4. The number of fused-ring (bicyclic) bond motifs is 4. The molecule has 0 bridgehead atoms. The molecule has 3 heterocycles. The van der Waals surface area contributed by atoms with Gasteiger partial charge in [0.05, 0.1) is 13.7 Å². The SMILES string of the molecule is C[Si](C)(C)c1cnc(-c2[c-]cccc2)cc1CC1CCCCC1.[Ir].[c-]1ccc2c(oc3c(-c4ccccc4)cccc32)c1-c1cc2ccccc2cn1. The molecule has 0 spiro atoms. The number of benzene rings is 5. The molecule has 53 heavy (non-hydrogen) atoms. The molecule has 1 aliphatic rings. The molecule has 0 unspecified atom stereocenters. The van der Waals surface area contributed by atoms with Crippen LogP contribution in [0.3, 0.4) is 0 Å². The van der Waals surface area contributed by atoms with Crippen molar-refractivity contribution >= 4 is 46.0 Å². The molecule has 8 aromatic rings. The minimum absolute atomic E-state index is 0. The Morgan fingerprint density at radius 1 is 0.660 bits per heavy atom. The largest absolute Gasteiger partial charge is 0.500 e. The first-order chi connectivity index (χ1) is 25.4. The first kappa shape index (κ1) is 36.7. The maximum Gasteiger partial charge on any atom is 0.128 e. The molecule has 0 saturated heterocycles. The van der Waals surface area contributed by atoms with E-state index in [2.05, 4.69) is 128 Å². The fraction of sp³-hybridized carbons (Fsp3) is 0.208. The van der Waals surface area contributed by atoms with Crippen molar-refractivity contribution in [3.05, 3.63) is 151 Å². The van der Waals surface area contributed by atoms with Gasteiger partial charge in [-0.3, -0.25) is 0 Å². The second-order valence-electron chi connectivity index (χ2n) is 15.1. The van der Waals surface area contributed by atoms with E-state index in [4.69, 9.17) is 9.40 Å². The van der Waals surface area contributed by atoms with Gasteiger partial charge in [-0.15, -0.1) is 54.1 Å². The fourth-order valence-electron chi connectivity index (χ4n) is 7.76. The van der Waals surface area contributed by atoms with Crippen LogP contribution >= 0.6 is 0 Å². The van der Waals surface area contributed by atoms with Gasteiger partial charge in [0.15, 0.2) is 0 Å². The van der Waals surface area contributed by atoms with Gasteiger partial charge in [0, 0.05) is 43.4 Å². The van der Waals surface area contributed by atoms with Crippen LogP contribution in [0.1, 0.15) is 37.7 Å². The van der Waals surface area contributed by atoms with Crippen molar-refractivity contribution in [2.75, 3.05) is 0 Å². The summed E-state index contributed by atoms with van der Waals surface area (Å²) in [6.07, 6.45) is 12.4. The molecule has 0 aliphatic heterocycles. The van der Waals surface area contributed by atoms with E-state index in [1.807, 2.05) is 42.6 Å². The number of hydrogen-bond donors (Lipinski definition) is 0. The van der Waals surface area contributed by atoms with Crippen LogP contribution in [0.4, 0.5) is 0 Å². The number of aromatic nitrogens is 2. The summed E-state index contributed by atoms with van der Waals surface area (Å²) in [6, 6.07) is 48.3. The Labute approximate surface area is 327 Å². The van der Waals surface area contributed by atoms with Gasteiger partial charge in [-0.1, -0.05) is 153 Å². The van der Waals surface area contributed by atoms with E-state index in [0.717, 1.165) is 72.3 Å². The zero-order valence-electron chi connectivity index (χ0n) is 30.7. The summed E-state index contributed by atoms with van der Waals surface area (Å²) in [5.74, 6) is 0.869. The second kappa shape index (κ2) is 16.1. The number of pyridine rings is 2. The Bertz CT molecular complexity index is 2460.